The molecule has 1 aromatic rings. The number of hydrogen-bond acceptors (Lipinski definition) is 5. The summed E-state index contributed by atoms with van der Waals surface area (Å²) in [5.74, 6) is 0.0145. The van der Waals surface area contributed by atoms with Crippen molar-refractivity contribution in [1.82, 2.24) is 5.32 Å². The fourth-order valence-corrected chi connectivity index (χ4v) is 7.68. The van der Waals surface area contributed by atoms with Crippen molar-refractivity contribution in [3.05, 3.63) is 23.8 Å². The Bertz CT molecular complexity index is 950. The van der Waals surface area contributed by atoms with Gasteiger partial charge < -0.3 is 14.8 Å². The lowest BCUT2D eigenvalue weighted by atomic mass is 9.57. The molecule has 0 atom stereocenters. The molecule has 3 aliphatic carbocycles. The molecule has 1 heterocycles. The molecule has 196 valence electrons. The standard InChI is InChI=1S/C22H26F6N2O3S2/c23-21(24,25)19-5-8-20(9-6-19,10-7-19)29-18(31)16-2-1-14(33-22(26,27)28)13-17(16)30-34-15-3-11-35(32)12-4-15/h1-2,13,15,30H,3-12H2,(H,29,31). The highest BCUT2D eigenvalue weighted by Gasteiger charge is 2.61. The first-order chi connectivity index (χ1) is 16.3. The van der Waals surface area contributed by atoms with Crippen molar-refractivity contribution in [3.8, 4) is 5.75 Å². The van der Waals surface area contributed by atoms with Crippen molar-refractivity contribution in [2.24, 2.45) is 5.41 Å². The summed E-state index contributed by atoms with van der Waals surface area (Å²) in [5, 5.41) is 2.97. The highest BCUT2D eigenvalue weighted by molar-refractivity contribution is 8.01. The van der Waals surface area contributed by atoms with Gasteiger partial charge in [-0.25, -0.2) is 0 Å². The number of halogens is 6. The molecule has 1 saturated heterocycles. The van der Waals surface area contributed by atoms with Crippen molar-refractivity contribution < 1.29 is 40.1 Å². The minimum atomic E-state index is -4.91. The highest BCUT2D eigenvalue weighted by atomic mass is 32.2. The van der Waals surface area contributed by atoms with Gasteiger partial charge in [0.1, 0.15) is 5.75 Å². The lowest BCUT2D eigenvalue weighted by Crippen LogP contribution is -2.59. The monoisotopic (exact) mass is 544 g/mol. The lowest BCUT2D eigenvalue weighted by Gasteiger charge is -2.53. The van der Waals surface area contributed by atoms with Crippen molar-refractivity contribution in [2.45, 2.75) is 74.7 Å². The van der Waals surface area contributed by atoms with Crippen LogP contribution in [0.4, 0.5) is 32.0 Å². The molecule has 0 aromatic heterocycles. The predicted molar refractivity (Wildman–Crippen MR) is 122 cm³/mol. The maximum atomic E-state index is 13.5. The second kappa shape index (κ2) is 9.68. The molecule has 0 radical (unpaired) electrons. The molecule has 13 heteroatoms. The van der Waals surface area contributed by atoms with Crippen LogP contribution in [-0.2, 0) is 10.8 Å². The van der Waals surface area contributed by atoms with Crippen LogP contribution in [0.25, 0.3) is 0 Å². The molecule has 1 amide bonds. The maximum Gasteiger partial charge on any atom is 0.573 e. The van der Waals surface area contributed by atoms with E-state index >= 15 is 0 Å². The van der Waals surface area contributed by atoms with E-state index in [9.17, 15) is 35.3 Å². The average molecular weight is 545 g/mol. The number of hydrogen-bond donors (Lipinski definition) is 2. The van der Waals surface area contributed by atoms with E-state index in [1.807, 2.05) is 0 Å². The number of alkyl halides is 6. The van der Waals surface area contributed by atoms with Crippen molar-refractivity contribution in [3.63, 3.8) is 0 Å². The van der Waals surface area contributed by atoms with E-state index in [-0.39, 0.29) is 55.0 Å². The molecule has 5 rings (SSSR count). The molecule has 0 spiro atoms. The van der Waals surface area contributed by atoms with Gasteiger partial charge in [-0.2, -0.15) is 13.2 Å². The van der Waals surface area contributed by atoms with E-state index in [0.717, 1.165) is 12.1 Å². The van der Waals surface area contributed by atoms with Crippen molar-refractivity contribution in [2.75, 3.05) is 16.2 Å². The number of benzene rings is 1. The van der Waals surface area contributed by atoms with E-state index in [1.54, 1.807) is 0 Å². The van der Waals surface area contributed by atoms with Gasteiger partial charge in [0, 0.05) is 39.2 Å². The van der Waals surface area contributed by atoms with Crippen molar-refractivity contribution >= 4 is 34.3 Å². The van der Waals surface area contributed by atoms with Crippen LogP contribution in [0.1, 0.15) is 61.7 Å². The smallest absolute Gasteiger partial charge is 0.406 e. The molecular weight excluding hydrogens is 518 g/mol. The Morgan fingerprint density at radius 3 is 2.14 bits per heavy atom. The first-order valence-corrected chi connectivity index (χ1v) is 13.7. The van der Waals surface area contributed by atoms with Crippen LogP contribution in [0.2, 0.25) is 0 Å². The number of fused-ring (bicyclic) bond motifs is 3. The Hall–Kier alpha value is -1.63. The summed E-state index contributed by atoms with van der Waals surface area (Å²) in [6, 6.07) is 3.35. The third kappa shape index (κ3) is 6.03. The Morgan fingerprint density at radius 2 is 1.60 bits per heavy atom. The van der Waals surface area contributed by atoms with Gasteiger partial charge in [-0.15, -0.1) is 13.2 Å². The normalized spacial score (nSPS) is 31.1. The van der Waals surface area contributed by atoms with Crippen LogP contribution >= 0.6 is 11.9 Å². The molecule has 4 aliphatic rings. The van der Waals surface area contributed by atoms with E-state index in [1.165, 1.54) is 18.0 Å². The summed E-state index contributed by atoms with van der Waals surface area (Å²) in [5.41, 5.74) is -2.25. The molecule has 3 saturated carbocycles. The molecule has 2 N–H and O–H groups in total. The highest BCUT2D eigenvalue weighted by Crippen LogP contribution is 2.59. The second-order valence-electron chi connectivity index (χ2n) is 9.54. The number of rotatable bonds is 6. The zero-order chi connectivity index (χ0) is 25.5. The maximum absolute atomic E-state index is 13.5. The zero-order valence-electron chi connectivity index (χ0n) is 18.7. The molecular formula is C22H26F6N2O3S2. The summed E-state index contributed by atoms with van der Waals surface area (Å²) in [6.07, 6.45) is -7.44. The third-order valence-electron chi connectivity index (χ3n) is 7.37. The van der Waals surface area contributed by atoms with E-state index in [4.69, 9.17) is 0 Å². The topological polar surface area (TPSA) is 67.4 Å². The number of anilines is 1. The summed E-state index contributed by atoms with van der Waals surface area (Å²) in [4.78, 5) is 13.2. The molecule has 1 aromatic carbocycles. The molecule has 35 heavy (non-hydrogen) atoms. The summed E-state index contributed by atoms with van der Waals surface area (Å²) in [7, 11) is -0.872. The summed E-state index contributed by atoms with van der Waals surface area (Å²) >= 11 is 1.25. The SMILES string of the molecule is O=C(NC12CCC(C(F)(F)F)(CC1)CC2)c1ccc(OC(F)(F)F)cc1NSC1CCS(=O)CC1. The fraction of sp³-hybridized carbons (Fsp3) is 0.682. The van der Waals surface area contributed by atoms with Crippen LogP contribution in [0.15, 0.2) is 18.2 Å². The molecule has 2 bridgehead atoms. The van der Waals surface area contributed by atoms with Crippen LogP contribution in [0.5, 0.6) is 5.75 Å². The minimum absolute atomic E-state index is 0.0564. The van der Waals surface area contributed by atoms with Gasteiger partial charge in [0.05, 0.1) is 16.7 Å². The zero-order valence-corrected chi connectivity index (χ0v) is 20.3. The van der Waals surface area contributed by atoms with E-state index in [0.29, 0.717) is 24.3 Å². The predicted octanol–water partition coefficient (Wildman–Crippen LogP) is 5.94. The molecule has 1 aliphatic heterocycles. The molecule has 0 unspecified atom stereocenters. The van der Waals surface area contributed by atoms with Crippen LogP contribution < -0.4 is 14.8 Å². The Kier molecular flexibility index (Phi) is 7.31. The first-order valence-electron chi connectivity index (χ1n) is 11.4. The van der Waals surface area contributed by atoms with E-state index < -0.39 is 45.9 Å². The summed E-state index contributed by atoms with van der Waals surface area (Å²) < 4.78 is 97.3. The number of carbonyl (C=O) groups is 1. The third-order valence-corrected chi connectivity index (χ3v) is 9.89. The van der Waals surface area contributed by atoms with Gasteiger partial charge in [-0.05, 0) is 75.4 Å². The minimum Gasteiger partial charge on any atom is -0.406 e. The van der Waals surface area contributed by atoms with Gasteiger partial charge in [0.2, 0.25) is 0 Å². The number of carbonyl (C=O) groups excluding carboxylic acids is 1. The van der Waals surface area contributed by atoms with Gasteiger partial charge in [-0.3, -0.25) is 9.00 Å². The van der Waals surface area contributed by atoms with Gasteiger partial charge in [0.25, 0.3) is 5.91 Å². The van der Waals surface area contributed by atoms with Crippen LogP contribution in [0, 0.1) is 5.41 Å². The second-order valence-corrected chi connectivity index (χ2v) is 12.3. The first kappa shape index (κ1) is 26.4. The fourth-order valence-electron chi connectivity index (χ4n) is 5.15. The van der Waals surface area contributed by atoms with Crippen molar-refractivity contribution in [1.29, 1.82) is 0 Å². The van der Waals surface area contributed by atoms with Gasteiger partial charge in [0.15, 0.2) is 0 Å². The van der Waals surface area contributed by atoms with Crippen LogP contribution in [0.3, 0.4) is 0 Å². The van der Waals surface area contributed by atoms with Gasteiger partial charge in [-0.1, -0.05) is 0 Å². The number of nitrogens with one attached hydrogen (secondary N) is 2. The Balaban J connectivity index is 1.49. The Morgan fingerprint density at radius 1 is 1.00 bits per heavy atom. The molecule has 5 nitrogen and oxygen atoms in total. The molecule has 4 fully saturated rings. The summed E-state index contributed by atoms with van der Waals surface area (Å²) in [6.45, 7) is 0. The number of ether oxygens (including phenoxy) is 1. The quantitative estimate of drug-likeness (QED) is 0.343. The van der Waals surface area contributed by atoms with Crippen LogP contribution in [-0.4, -0.2) is 44.9 Å². The van der Waals surface area contributed by atoms with Gasteiger partial charge >= 0.3 is 12.5 Å². The largest absolute Gasteiger partial charge is 0.573 e. The lowest BCUT2D eigenvalue weighted by molar-refractivity contribution is -0.274. The van der Waals surface area contributed by atoms with E-state index in [2.05, 4.69) is 14.8 Å². The number of amides is 1. The Labute approximate surface area is 205 Å². The average Bonchev–Trinajstić information content (AvgIpc) is 2.78.